The molecule has 0 aliphatic carbocycles. The molecular formula is C27H33FO5. The minimum absolute atomic E-state index is 0.133. The van der Waals surface area contributed by atoms with E-state index in [1.165, 1.54) is 19.2 Å². The summed E-state index contributed by atoms with van der Waals surface area (Å²) in [5.74, 6) is -0.385. The molecule has 1 atom stereocenters. The second kappa shape index (κ2) is 16.4. The molecule has 0 aromatic heterocycles. The van der Waals surface area contributed by atoms with E-state index >= 15 is 0 Å². The third-order valence-corrected chi connectivity index (χ3v) is 4.54. The number of ether oxygens (including phenoxy) is 2. The fourth-order valence-electron chi connectivity index (χ4n) is 2.73. The maximum Gasteiger partial charge on any atom is 0.333 e. The van der Waals surface area contributed by atoms with Crippen molar-refractivity contribution in [1.29, 1.82) is 0 Å². The quantitative estimate of drug-likeness (QED) is 0.240. The average Bonchev–Trinajstić information content (AvgIpc) is 2.82. The molecule has 0 unspecified atom stereocenters. The molecule has 0 heterocycles. The van der Waals surface area contributed by atoms with Crippen molar-refractivity contribution in [2.75, 3.05) is 20.3 Å². The Bertz CT molecular complexity index is 886. The van der Waals surface area contributed by atoms with Crippen molar-refractivity contribution >= 4 is 5.97 Å². The molecule has 2 rings (SSSR count). The number of benzene rings is 2. The molecule has 33 heavy (non-hydrogen) atoms. The van der Waals surface area contributed by atoms with E-state index in [0.717, 1.165) is 28.9 Å². The van der Waals surface area contributed by atoms with Crippen LogP contribution in [-0.4, -0.2) is 42.6 Å². The minimum atomic E-state index is -0.924. The van der Waals surface area contributed by atoms with Crippen molar-refractivity contribution in [3.8, 4) is 16.9 Å². The first kappa shape index (κ1) is 27.8. The van der Waals surface area contributed by atoms with E-state index in [9.17, 15) is 9.18 Å². The first-order valence-electron chi connectivity index (χ1n) is 10.7. The Labute approximate surface area is 195 Å². The van der Waals surface area contributed by atoms with Crippen LogP contribution in [0.2, 0.25) is 0 Å². The van der Waals surface area contributed by atoms with Gasteiger partial charge in [-0.25, -0.2) is 9.18 Å². The van der Waals surface area contributed by atoms with Crippen molar-refractivity contribution < 1.29 is 28.9 Å². The van der Waals surface area contributed by atoms with E-state index < -0.39 is 12.1 Å². The van der Waals surface area contributed by atoms with Gasteiger partial charge in [0.2, 0.25) is 0 Å². The van der Waals surface area contributed by atoms with Crippen molar-refractivity contribution in [2.45, 2.75) is 32.3 Å². The topological polar surface area (TPSA) is 76.0 Å². The van der Waals surface area contributed by atoms with Crippen LogP contribution in [0.25, 0.3) is 11.1 Å². The summed E-state index contributed by atoms with van der Waals surface area (Å²) in [6.45, 7) is 6.10. The van der Waals surface area contributed by atoms with Crippen LogP contribution in [0.3, 0.4) is 0 Å². The average molecular weight is 457 g/mol. The van der Waals surface area contributed by atoms with E-state index in [0.29, 0.717) is 19.4 Å². The zero-order chi connectivity index (χ0) is 24.5. The lowest BCUT2D eigenvalue weighted by atomic mass is 10.1. The van der Waals surface area contributed by atoms with Gasteiger partial charge in [0.05, 0.1) is 6.61 Å². The van der Waals surface area contributed by atoms with Crippen LogP contribution in [-0.2, 0) is 9.53 Å². The van der Waals surface area contributed by atoms with Crippen molar-refractivity contribution in [2.24, 2.45) is 0 Å². The largest absolute Gasteiger partial charge is 0.494 e. The van der Waals surface area contributed by atoms with Crippen LogP contribution in [0.4, 0.5) is 4.39 Å². The summed E-state index contributed by atoms with van der Waals surface area (Å²) in [7, 11) is 1.41. The number of carboxylic acid groups (broad SMARTS) is 1. The summed E-state index contributed by atoms with van der Waals surface area (Å²) in [4.78, 5) is 10.7. The van der Waals surface area contributed by atoms with Gasteiger partial charge in [0.25, 0.3) is 0 Å². The molecule has 0 fully saturated rings. The Kier molecular flexibility index (Phi) is 13.8. The molecule has 0 aliphatic heterocycles. The summed E-state index contributed by atoms with van der Waals surface area (Å²) in [6, 6.07) is 14.0. The first-order valence-corrected chi connectivity index (χ1v) is 10.7. The molecule has 0 saturated carbocycles. The first-order chi connectivity index (χ1) is 15.9. The molecule has 0 radical (unpaired) electrons. The number of carboxylic acids is 1. The van der Waals surface area contributed by atoms with Crippen molar-refractivity contribution in [3.05, 3.63) is 90.8 Å². The highest BCUT2D eigenvalue weighted by Crippen LogP contribution is 2.22. The molecule has 5 nitrogen and oxygen atoms in total. The summed E-state index contributed by atoms with van der Waals surface area (Å²) in [5.41, 5.74) is 3.00. The van der Waals surface area contributed by atoms with Crippen LogP contribution in [0.15, 0.2) is 85.0 Å². The van der Waals surface area contributed by atoms with E-state index in [1.54, 1.807) is 18.2 Å². The number of methoxy groups -OCH3 is 1. The number of aliphatic hydroxyl groups excluding tert-OH is 1. The third kappa shape index (κ3) is 11.8. The van der Waals surface area contributed by atoms with Gasteiger partial charge in [0, 0.05) is 26.6 Å². The van der Waals surface area contributed by atoms with Crippen molar-refractivity contribution in [1.82, 2.24) is 0 Å². The van der Waals surface area contributed by atoms with Gasteiger partial charge in [-0.15, -0.1) is 0 Å². The Hall–Kier alpha value is -3.22. The second-order valence-corrected chi connectivity index (χ2v) is 7.17. The fourth-order valence-corrected chi connectivity index (χ4v) is 2.73. The monoisotopic (exact) mass is 456 g/mol. The molecule has 6 heteroatoms. The number of carbonyl (C=O) groups is 1. The maximum absolute atomic E-state index is 12.8. The Morgan fingerprint density at radius 3 is 2.24 bits per heavy atom. The number of halogens is 1. The third-order valence-electron chi connectivity index (χ3n) is 4.54. The normalized spacial score (nSPS) is 12.1. The standard InChI is InChI=1S/C15H15FO2.C12H18O3/c16-14-6-2-12(3-7-14)13-4-8-15(9-5-13)18-11-1-10-17;1-4-5-6-7-8-10(2)9-11(15-3)12(13)14/h2-9,17H,1,10-11H2;4-6,8,11H,1,7,9H2,2-3H3,(H,13,14)/b;6-5-,10-8+/t;11-/m.0/s1. The number of aliphatic carboxylic acids is 1. The van der Waals surface area contributed by atoms with Gasteiger partial charge in [0.15, 0.2) is 6.10 Å². The molecule has 0 saturated heterocycles. The molecule has 2 aromatic rings. The molecule has 178 valence electrons. The lowest BCUT2D eigenvalue weighted by Gasteiger charge is -2.09. The molecule has 2 N–H and O–H groups in total. The lowest BCUT2D eigenvalue weighted by Crippen LogP contribution is -2.22. The van der Waals surface area contributed by atoms with Gasteiger partial charge in [0.1, 0.15) is 11.6 Å². The zero-order valence-corrected chi connectivity index (χ0v) is 19.2. The van der Waals surface area contributed by atoms with Gasteiger partial charge in [-0.1, -0.05) is 60.7 Å². The summed E-state index contributed by atoms with van der Waals surface area (Å²) < 4.78 is 23.1. The van der Waals surface area contributed by atoms with Gasteiger partial charge in [-0.2, -0.15) is 0 Å². The highest BCUT2D eigenvalue weighted by molar-refractivity contribution is 5.72. The predicted octanol–water partition coefficient (Wildman–Crippen LogP) is 5.81. The van der Waals surface area contributed by atoms with Gasteiger partial charge >= 0.3 is 5.97 Å². The van der Waals surface area contributed by atoms with Crippen molar-refractivity contribution in [3.63, 3.8) is 0 Å². The highest BCUT2D eigenvalue weighted by atomic mass is 19.1. The van der Waals surface area contributed by atoms with E-state index in [2.05, 4.69) is 6.58 Å². The molecule has 0 spiro atoms. The van der Waals surface area contributed by atoms with Gasteiger partial charge in [-0.3, -0.25) is 0 Å². The maximum atomic E-state index is 12.8. The number of rotatable bonds is 12. The molecule has 0 aliphatic rings. The summed E-state index contributed by atoms with van der Waals surface area (Å²) in [6.07, 6.45) is 8.59. The summed E-state index contributed by atoms with van der Waals surface area (Å²) in [5, 5.41) is 17.4. The molecule has 0 bridgehead atoms. The van der Waals surface area contributed by atoms with Gasteiger partial charge < -0.3 is 19.7 Å². The fraction of sp³-hybridized carbons (Fsp3) is 0.296. The molecule has 2 aromatic carbocycles. The van der Waals surface area contributed by atoms with E-state index in [1.807, 2.05) is 49.4 Å². The Balaban J connectivity index is 0.000000337. The van der Waals surface area contributed by atoms with Crippen LogP contribution in [0, 0.1) is 5.82 Å². The van der Waals surface area contributed by atoms with Crippen LogP contribution < -0.4 is 4.74 Å². The van der Waals surface area contributed by atoms with Crippen LogP contribution in [0.5, 0.6) is 5.75 Å². The predicted molar refractivity (Wildman–Crippen MR) is 130 cm³/mol. The van der Waals surface area contributed by atoms with Crippen LogP contribution in [0.1, 0.15) is 26.2 Å². The minimum Gasteiger partial charge on any atom is -0.494 e. The number of hydrogen-bond acceptors (Lipinski definition) is 4. The Morgan fingerprint density at radius 1 is 1.12 bits per heavy atom. The van der Waals surface area contributed by atoms with E-state index in [4.69, 9.17) is 19.7 Å². The van der Waals surface area contributed by atoms with Gasteiger partial charge in [-0.05, 0) is 48.7 Å². The van der Waals surface area contributed by atoms with E-state index in [-0.39, 0.29) is 12.4 Å². The Morgan fingerprint density at radius 2 is 1.73 bits per heavy atom. The summed E-state index contributed by atoms with van der Waals surface area (Å²) >= 11 is 0. The second-order valence-electron chi connectivity index (χ2n) is 7.17. The molecular weight excluding hydrogens is 423 g/mol. The smallest absolute Gasteiger partial charge is 0.333 e. The number of hydrogen-bond donors (Lipinski definition) is 2. The highest BCUT2D eigenvalue weighted by Gasteiger charge is 2.15. The number of aliphatic hydroxyl groups is 1. The molecule has 0 amide bonds. The zero-order valence-electron chi connectivity index (χ0n) is 19.2. The SMILES string of the molecule is C=C/C=C\C/C=C(\C)C[C@H](OC)C(=O)O.OCCCOc1ccc(-c2ccc(F)cc2)cc1. The number of allylic oxidation sites excluding steroid dienone is 4. The lowest BCUT2D eigenvalue weighted by molar-refractivity contribution is -0.148. The van der Waals surface area contributed by atoms with Crippen LogP contribution >= 0.6 is 0 Å².